The topological polar surface area (TPSA) is 75.6 Å². The number of carbonyl (C=O) groups is 2. The zero-order valence-electron chi connectivity index (χ0n) is 14.5. The van der Waals surface area contributed by atoms with Crippen LogP contribution in [0.1, 0.15) is 42.6 Å². The second kappa shape index (κ2) is 8.87. The average Bonchev–Trinajstić information content (AvgIpc) is 2.60. The van der Waals surface area contributed by atoms with E-state index in [0.29, 0.717) is 17.7 Å². The molecular weight excluding hydrogens is 318 g/mol. The van der Waals surface area contributed by atoms with Crippen molar-refractivity contribution < 1.29 is 19.4 Å². The second-order valence-corrected chi connectivity index (χ2v) is 5.91. The van der Waals surface area contributed by atoms with E-state index in [9.17, 15) is 9.59 Å². The molecule has 2 rings (SSSR count). The Balaban J connectivity index is 1.99. The molecular formula is C20H23NO4. The van der Waals surface area contributed by atoms with Crippen LogP contribution in [0.5, 0.6) is 5.75 Å². The van der Waals surface area contributed by atoms with Gasteiger partial charge in [-0.2, -0.15) is 0 Å². The summed E-state index contributed by atoms with van der Waals surface area (Å²) in [6.07, 6.45) is 1.55. The normalized spacial score (nSPS) is 11.6. The van der Waals surface area contributed by atoms with Crippen molar-refractivity contribution in [3.63, 3.8) is 0 Å². The molecule has 0 saturated heterocycles. The Kier molecular flexibility index (Phi) is 6.57. The van der Waals surface area contributed by atoms with Gasteiger partial charge in [-0.15, -0.1) is 0 Å². The van der Waals surface area contributed by atoms with Gasteiger partial charge in [0.1, 0.15) is 5.75 Å². The molecule has 0 fully saturated rings. The van der Waals surface area contributed by atoms with Crippen LogP contribution in [0.3, 0.4) is 0 Å². The molecule has 0 aliphatic rings. The number of carbonyl (C=O) groups excluding carboxylic acids is 1. The maximum absolute atomic E-state index is 12.3. The number of carboxylic acids is 1. The van der Waals surface area contributed by atoms with E-state index in [-0.39, 0.29) is 18.4 Å². The Hall–Kier alpha value is -2.82. The predicted molar refractivity (Wildman–Crippen MR) is 97.2 cm³/mol. The number of aryl methyl sites for hydroxylation is 1. The van der Waals surface area contributed by atoms with Crippen LogP contribution in [0.4, 0.5) is 5.69 Å². The van der Waals surface area contributed by atoms with E-state index in [1.54, 1.807) is 42.5 Å². The van der Waals surface area contributed by atoms with Crippen molar-refractivity contribution in [1.82, 2.24) is 0 Å². The zero-order chi connectivity index (χ0) is 18.2. The van der Waals surface area contributed by atoms with Crippen LogP contribution in [0, 0.1) is 0 Å². The standard InChI is InChI=1S/C20H23NO4/c1-3-14(2)25-18-10-8-16(9-11-18)20(24)21-17-6-4-5-15(13-17)7-12-19(22)23/h4-6,8-11,13-14H,3,7,12H2,1-2H3,(H,21,24)(H,22,23). The fourth-order valence-corrected chi connectivity index (χ4v) is 2.26. The van der Waals surface area contributed by atoms with Crippen LogP contribution in [-0.4, -0.2) is 23.1 Å². The molecule has 0 aromatic heterocycles. The number of carboxylic acid groups (broad SMARTS) is 1. The minimum absolute atomic E-state index is 0.0645. The summed E-state index contributed by atoms with van der Waals surface area (Å²) in [5.74, 6) is -0.318. The van der Waals surface area contributed by atoms with E-state index in [2.05, 4.69) is 12.2 Å². The molecule has 0 radical (unpaired) electrons. The van der Waals surface area contributed by atoms with Gasteiger partial charge in [-0.1, -0.05) is 19.1 Å². The first-order chi connectivity index (χ1) is 12.0. The molecule has 5 heteroatoms. The number of nitrogens with one attached hydrogen (secondary N) is 1. The molecule has 0 aliphatic carbocycles. The van der Waals surface area contributed by atoms with Gasteiger partial charge in [0, 0.05) is 17.7 Å². The first-order valence-electron chi connectivity index (χ1n) is 8.36. The summed E-state index contributed by atoms with van der Waals surface area (Å²) in [6.45, 7) is 4.05. The van der Waals surface area contributed by atoms with Gasteiger partial charge >= 0.3 is 5.97 Å². The fraction of sp³-hybridized carbons (Fsp3) is 0.300. The molecule has 1 unspecified atom stereocenters. The quantitative estimate of drug-likeness (QED) is 0.757. The van der Waals surface area contributed by atoms with Crippen LogP contribution in [0.25, 0.3) is 0 Å². The average molecular weight is 341 g/mol. The first kappa shape index (κ1) is 18.5. The van der Waals surface area contributed by atoms with Gasteiger partial charge in [-0.3, -0.25) is 9.59 Å². The van der Waals surface area contributed by atoms with Gasteiger partial charge in [0.2, 0.25) is 0 Å². The largest absolute Gasteiger partial charge is 0.491 e. The maximum atomic E-state index is 12.3. The first-order valence-corrected chi connectivity index (χ1v) is 8.36. The van der Waals surface area contributed by atoms with Crippen LogP contribution in [-0.2, 0) is 11.2 Å². The van der Waals surface area contributed by atoms with Gasteiger partial charge in [0.25, 0.3) is 5.91 Å². The summed E-state index contributed by atoms with van der Waals surface area (Å²) in [5, 5.41) is 11.6. The molecule has 0 aliphatic heterocycles. The number of amides is 1. The molecule has 1 atom stereocenters. The fourth-order valence-electron chi connectivity index (χ4n) is 2.26. The number of rotatable bonds is 8. The molecule has 1 amide bonds. The molecule has 2 aromatic rings. The molecule has 132 valence electrons. The van der Waals surface area contributed by atoms with E-state index in [4.69, 9.17) is 9.84 Å². The van der Waals surface area contributed by atoms with E-state index >= 15 is 0 Å². The third kappa shape index (κ3) is 5.95. The summed E-state index contributed by atoms with van der Waals surface area (Å²) >= 11 is 0. The highest BCUT2D eigenvalue weighted by Crippen LogP contribution is 2.17. The Morgan fingerprint density at radius 1 is 1.16 bits per heavy atom. The molecule has 0 bridgehead atoms. The van der Waals surface area contributed by atoms with Crippen molar-refractivity contribution >= 4 is 17.6 Å². The van der Waals surface area contributed by atoms with Crippen LogP contribution >= 0.6 is 0 Å². The number of benzene rings is 2. The van der Waals surface area contributed by atoms with E-state index in [0.717, 1.165) is 17.7 Å². The smallest absolute Gasteiger partial charge is 0.303 e. The second-order valence-electron chi connectivity index (χ2n) is 5.91. The van der Waals surface area contributed by atoms with Gasteiger partial charge in [0.05, 0.1) is 6.10 Å². The van der Waals surface area contributed by atoms with Crippen molar-refractivity contribution in [2.45, 2.75) is 39.2 Å². The molecule has 2 N–H and O–H groups in total. The van der Waals surface area contributed by atoms with E-state index < -0.39 is 5.97 Å². The number of aliphatic carboxylic acids is 1. The SMILES string of the molecule is CCC(C)Oc1ccc(C(=O)Nc2cccc(CCC(=O)O)c2)cc1. The minimum Gasteiger partial charge on any atom is -0.491 e. The number of hydrogen-bond donors (Lipinski definition) is 2. The lowest BCUT2D eigenvalue weighted by Crippen LogP contribution is -2.13. The summed E-state index contributed by atoms with van der Waals surface area (Å²) in [4.78, 5) is 23.0. The highest BCUT2D eigenvalue weighted by Gasteiger charge is 2.08. The Morgan fingerprint density at radius 3 is 2.52 bits per heavy atom. The number of ether oxygens (including phenoxy) is 1. The molecule has 25 heavy (non-hydrogen) atoms. The highest BCUT2D eigenvalue weighted by molar-refractivity contribution is 6.04. The van der Waals surface area contributed by atoms with Gasteiger partial charge in [0.15, 0.2) is 0 Å². The van der Waals surface area contributed by atoms with E-state index in [1.807, 2.05) is 13.0 Å². The molecule has 2 aromatic carbocycles. The molecule has 0 heterocycles. The lowest BCUT2D eigenvalue weighted by Gasteiger charge is -2.13. The van der Waals surface area contributed by atoms with E-state index in [1.165, 1.54) is 0 Å². The minimum atomic E-state index is -0.839. The summed E-state index contributed by atoms with van der Waals surface area (Å²) in [6, 6.07) is 14.2. The Morgan fingerprint density at radius 2 is 1.88 bits per heavy atom. The highest BCUT2D eigenvalue weighted by atomic mass is 16.5. The summed E-state index contributed by atoms with van der Waals surface area (Å²) in [5.41, 5.74) is 2.05. The van der Waals surface area contributed by atoms with Gasteiger partial charge in [-0.25, -0.2) is 0 Å². The maximum Gasteiger partial charge on any atom is 0.303 e. The van der Waals surface area contributed by atoms with Crippen LogP contribution in [0.2, 0.25) is 0 Å². The zero-order valence-corrected chi connectivity index (χ0v) is 14.5. The van der Waals surface area contributed by atoms with Crippen molar-refractivity contribution in [3.05, 3.63) is 59.7 Å². The third-order valence-electron chi connectivity index (χ3n) is 3.84. The number of hydrogen-bond acceptors (Lipinski definition) is 3. The number of anilines is 1. The van der Waals surface area contributed by atoms with Crippen molar-refractivity contribution in [2.75, 3.05) is 5.32 Å². The molecule has 0 spiro atoms. The van der Waals surface area contributed by atoms with Crippen LogP contribution in [0.15, 0.2) is 48.5 Å². The lowest BCUT2D eigenvalue weighted by molar-refractivity contribution is -0.136. The van der Waals surface area contributed by atoms with Crippen molar-refractivity contribution in [1.29, 1.82) is 0 Å². The van der Waals surface area contributed by atoms with Crippen molar-refractivity contribution in [2.24, 2.45) is 0 Å². The predicted octanol–water partition coefficient (Wildman–Crippen LogP) is 4.13. The van der Waals surface area contributed by atoms with Crippen LogP contribution < -0.4 is 10.1 Å². The Labute approximate surface area is 147 Å². The summed E-state index contributed by atoms with van der Waals surface area (Å²) in [7, 11) is 0. The lowest BCUT2D eigenvalue weighted by atomic mass is 10.1. The van der Waals surface area contributed by atoms with Crippen molar-refractivity contribution in [3.8, 4) is 5.75 Å². The molecule has 0 saturated carbocycles. The summed E-state index contributed by atoms with van der Waals surface area (Å²) < 4.78 is 5.70. The monoisotopic (exact) mass is 341 g/mol. The van der Waals surface area contributed by atoms with Gasteiger partial charge in [-0.05, 0) is 61.7 Å². The Bertz CT molecular complexity index is 725. The third-order valence-corrected chi connectivity index (χ3v) is 3.84. The van der Waals surface area contributed by atoms with Gasteiger partial charge < -0.3 is 15.2 Å². The molecule has 5 nitrogen and oxygen atoms in total.